The summed E-state index contributed by atoms with van der Waals surface area (Å²) in [4.78, 5) is 14.2. The summed E-state index contributed by atoms with van der Waals surface area (Å²) in [5.41, 5.74) is 0.192. The standard InChI is InChI=1S/C5H5N2O2S/c1-6-4(8)3-2-10-5(9)7-3/h2H,1H3,(H,6,8). The van der Waals surface area contributed by atoms with Crippen molar-refractivity contribution in [3.05, 3.63) is 11.1 Å². The number of aromatic nitrogens is 1. The number of carbonyl (C=O) groups excluding carboxylic acids is 1. The van der Waals surface area contributed by atoms with Gasteiger partial charge in [0.2, 0.25) is 0 Å². The Labute approximate surface area is 61.5 Å². The molecule has 1 aromatic rings. The van der Waals surface area contributed by atoms with E-state index in [4.69, 9.17) is 0 Å². The highest BCUT2D eigenvalue weighted by Gasteiger charge is 2.07. The van der Waals surface area contributed by atoms with Crippen LogP contribution in [0.2, 0.25) is 0 Å². The monoisotopic (exact) mass is 157 g/mol. The van der Waals surface area contributed by atoms with E-state index in [2.05, 4.69) is 10.3 Å². The predicted molar refractivity (Wildman–Crippen MR) is 35.6 cm³/mol. The van der Waals surface area contributed by atoms with Crippen LogP contribution in [0.15, 0.2) is 5.38 Å². The van der Waals surface area contributed by atoms with Crippen LogP contribution in [0.1, 0.15) is 10.5 Å². The van der Waals surface area contributed by atoms with Gasteiger partial charge in [-0.15, -0.1) is 0 Å². The van der Waals surface area contributed by atoms with Crippen molar-refractivity contribution in [3.8, 4) is 5.19 Å². The summed E-state index contributed by atoms with van der Waals surface area (Å²) in [6.07, 6.45) is 0. The van der Waals surface area contributed by atoms with Crippen LogP contribution in [-0.2, 0) is 5.11 Å². The minimum Gasteiger partial charge on any atom is -0.354 e. The van der Waals surface area contributed by atoms with Gasteiger partial charge in [0.15, 0.2) is 0 Å². The number of rotatable bonds is 1. The van der Waals surface area contributed by atoms with E-state index in [-0.39, 0.29) is 16.8 Å². The van der Waals surface area contributed by atoms with Gasteiger partial charge in [0.25, 0.3) is 5.91 Å². The Kier molecular flexibility index (Phi) is 1.86. The summed E-state index contributed by atoms with van der Waals surface area (Å²) in [7, 11) is 1.49. The molecule has 0 aliphatic rings. The zero-order chi connectivity index (χ0) is 7.56. The molecule has 1 heterocycles. The first kappa shape index (κ1) is 7.01. The molecule has 1 N–H and O–H groups in total. The van der Waals surface area contributed by atoms with Crippen LogP contribution in [0.4, 0.5) is 0 Å². The fourth-order valence-corrected chi connectivity index (χ4v) is 1.01. The van der Waals surface area contributed by atoms with Crippen LogP contribution < -0.4 is 5.32 Å². The quantitative estimate of drug-likeness (QED) is 0.650. The van der Waals surface area contributed by atoms with Crippen molar-refractivity contribution in [3.63, 3.8) is 0 Å². The molecule has 10 heavy (non-hydrogen) atoms. The molecule has 0 aliphatic heterocycles. The predicted octanol–water partition coefficient (Wildman–Crippen LogP) is 0.646. The van der Waals surface area contributed by atoms with E-state index in [1.807, 2.05) is 0 Å². The van der Waals surface area contributed by atoms with Gasteiger partial charge in [-0.05, 0) is 0 Å². The average molecular weight is 157 g/mol. The summed E-state index contributed by atoms with van der Waals surface area (Å²) in [5, 5.41) is 13.9. The van der Waals surface area contributed by atoms with Crippen LogP contribution in [0, 0.1) is 0 Å². The maximum atomic E-state index is 10.7. The van der Waals surface area contributed by atoms with Gasteiger partial charge in [-0.1, -0.05) is 11.3 Å². The van der Waals surface area contributed by atoms with Crippen molar-refractivity contribution in [2.75, 3.05) is 7.05 Å². The Morgan fingerprint density at radius 3 is 2.90 bits per heavy atom. The molecule has 0 saturated heterocycles. The first-order chi connectivity index (χ1) is 4.74. The number of carbonyl (C=O) groups is 1. The lowest BCUT2D eigenvalue weighted by molar-refractivity contribution is 0.0958. The van der Waals surface area contributed by atoms with Crippen molar-refractivity contribution < 1.29 is 9.90 Å². The molecular weight excluding hydrogens is 152 g/mol. The maximum absolute atomic E-state index is 10.7. The van der Waals surface area contributed by atoms with Gasteiger partial charge in [0.05, 0.1) is 0 Å². The van der Waals surface area contributed by atoms with E-state index < -0.39 is 0 Å². The molecule has 1 amide bonds. The van der Waals surface area contributed by atoms with Crippen molar-refractivity contribution >= 4 is 17.2 Å². The molecule has 0 bridgehead atoms. The third-order valence-electron chi connectivity index (χ3n) is 0.943. The van der Waals surface area contributed by atoms with Gasteiger partial charge in [-0.3, -0.25) is 9.90 Å². The van der Waals surface area contributed by atoms with Crippen molar-refractivity contribution in [1.82, 2.24) is 10.3 Å². The van der Waals surface area contributed by atoms with E-state index in [9.17, 15) is 9.90 Å². The highest BCUT2D eigenvalue weighted by atomic mass is 32.1. The minimum atomic E-state index is -0.335. The summed E-state index contributed by atoms with van der Waals surface area (Å²) < 4.78 is 0. The lowest BCUT2D eigenvalue weighted by atomic mass is 10.5. The lowest BCUT2D eigenvalue weighted by Gasteiger charge is -1.89. The molecule has 0 aromatic carbocycles. The largest absolute Gasteiger partial charge is 0.354 e. The smallest absolute Gasteiger partial charge is 0.327 e. The molecule has 53 valence electrons. The van der Waals surface area contributed by atoms with Crippen molar-refractivity contribution in [1.29, 1.82) is 0 Å². The van der Waals surface area contributed by atoms with E-state index in [0.717, 1.165) is 11.3 Å². The first-order valence-corrected chi connectivity index (χ1v) is 3.46. The first-order valence-electron chi connectivity index (χ1n) is 2.58. The summed E-state index contributed by atoms with van der Waals surface area (Å²) in [6, 6.07) is 0. The van der Waals surface area contributed by atoms with Crippen LogP contribution >= 0.6 is 11.3 Å². The molecule has 0 atom stereocenters. The highest BCUT2D eigenvalue weighted by Crippen LogP contribution is 2.15. The summed E-state index contributed by atoms with van der Waals surface area (Å²) >= 11 is 0.921. The molecule has 4 nitrogen and oxygen atoms in total. The molecule has 1 rings (SSSR count). The van der Waals surface area contributed by atoms with Gasteiger partial charge in [-0.25, -0.2) is 0 Å². The molecule has 1 radical (unpaired) electrons. The zero-order valence-corrected chi connectivity index (χ0v) is 6.07. The van der Waals surface area contributed by atoms with Crippen LogP contribution in [-0.4, -0.2) is 17.9 Å². The van der Waals surface area contributed by atoms with Gasteiger partial charge in [0, 0.05) is 12.4 Å². The lowest BCUT2D eigenvalue weighted by Crippen LogP contribution is -2.17. The normalized spacial score (nSPS) is 9.30. The van der Waals surface area contributed by atoms with Crippen molar-refractivity contribution in [2.45, 2.75) is 0 Å². The molecule has 0 aliphatic carbocycles. The summed E-state index contributed by atoms with van der Waals surface area (Å²) in [6.45, 7) is 0. The third-order valence-corrected chi connectivity index (χ3v) is 1.58. The number of amides is 1. The van der Waals surface area contributed by atoms with Crippen LogP contribution in [0.5, 0.6) is 5.19 Å². The Bertz CT molecular complexity index is 246. The molecule has 0 unspecified atom stereocenters. The average Bonchev–Trinajstić information content (AvgIpc) is 2.34. The fourth-order valence-electron chi connectivity index (χ4n) is 0.490. The van der Waals surface area contributed by atoms with E-state index >= 15 is 0 Å². The van der Waals surface area contributed by atoms with E-state index in [1.165, 1.54) is 12.4 Å². The maximum Gasteiger partial charge on any atom is 0.327 e. The van der Waals surface area contributed by atoms with Gasteiger partial charge in [0.1, 0.15) is 5.69 Å². The minimum absolute atomic E-state index is 0.192. The summed E-state index contributed by atoms with van der Waals surface area (Å²) in [5.74, 6) is -0.321. The van der Waals surface area contributed by atoms with Gasteiger partial charge in [-0.2, -0.15) is 4.98 Å². The number of hydrogen-bond acceptors (Lipinski definition) is 3. The molecule has 0 fully saturated rings. The topological polar surface area (TPSA) is 61.9 Å². The van der Waals surface area contributed by atoms with Gasteiger partial charge >= 0.3 is 5.19 Å². The van der Waals surface area contributed by atoms with Gasteiger partial charge < -0.3 is 5.32 Å². The molecule has 1 aromatic heterocycles. The Morgan fingerprint density at radius 1 is 1.80 bits per heavy atom. The van der Waals surface area contributed by atoms with Crippen molar-refractivity contribution in [2.24, 2.45) is 0 Å². The van der Waals surface area contributed by atoms with E-state index in [1.54, 1.807) is 0 Å². The number of nitrogens with zero attached hydrogens (tertiary/aromatic N) is 1. The second kappa shape index (κ2) is 2.66. The third kappa shape index (κ3) is 1.24. The molecular formula is C5H5N2O2S. The Hall–Kier alpha value is -1.10. The number of hydrogen-bond donors (Lipinski definition) is 1. The Balaban J connectivity index is 2.85. The second-order valence-corrected chi connectivity index (χ2v) is 2.40. The second-order valence-electron chi connectivity index (χ2n) is 1.58. The Morgan fingerprint density at radius 2 is 2.50 bits per heavy atom. The van der Waals surface area contributed by atoms with Crippen LogP contribution in [0.3, 0.4) is 0 Å². The molecule has 0 spiro atoms. The van der Waals surface area contributed by atoms with E-state index in [0.29, 0.717) is 0 Å². The molecule has 0 saturated carbocycles. The molecule has 5 heteroatoms. The SMILES string of the molecule is CNC(=O)c1csc([O])n1. The number of nitrogens with one attached hydrogen (secondary N) is 1. The van der Waals surface area contributed by atoms with Crippen LogP contribution in [0.25, 0.3) is 0 Å². The highest BCUT2D eigenvalue weighted by molar-refractivity contribution is 7.11. The zero-order valence-electron chi connectivity index (χ0n) is 5.25. The fraction of sp³-hybridized carbons (Fsp3) is 0.200. The number of thiazole rings is 1.